The van der Waals surface area contributed by atoms with Crippen LogP contribution in [0.2, 0.25) is 0 Å². The Balaban J connectivity index is 1.02. The molecule has 8 aromatic rings. The van der Waals surface area contributed by atoms with Gasteiger partial charge in [-0.1, -0.05) is 172 Å². The Morgan fingerprint density at radius 2 is 0.967 bits per heavy atom. The van der Waals surface area contributed by atoms with Crippen LogP contribution < -0.4 is 4.90 Å². The van der Waals surface area contributed by atoms with Gasteiger partial charge < -0.3 is 4.90 Å². The van der Waals surface area contributed by atoms with Crippen molar-refractivity contribution in [3.63, 3.8) is 0 Å². The van der Waals surface area contributed by atoms with E-state index in [9.17, 15) is 0 Å². The Bertz CT molecular complexity index is 2880. The summed E-state index contributed by atoms with van der Waals surface area (Å²) in [4.78, 5) is 2.54. The second-order valence-electron chi connectivity index (χ2n) is 19.2. The minimum absolute atomic E-state index is 0.128. The van der Waals surface area contributed by atoms with E-state index >= 15 is 0 Å². The molecule has 4 saturated carbocycles. The lowest BCUT2D eigenvalue weighted by atomic mass is 9.48. The van der Waals surface area contributed by atoms with E-state index in [2.05, 4.69) is 201 Å². The lowest BCUT2D eigenvalue weighted by Crippen LogP contribution is -2.48. The second kappa shape index (κ2) is 13.7. The highest BCUT2D eigenvalue weighted by atomic mass is 15.1. The van der Waals surface area contributed by atoms with Gasteiger partial charge in [-0.3, -0.25) is 0 Å². The van der Waals surface area contributed by atoms with Gasteiger partial charge in [0.15, 0.2) is 0 Å². The van der Waals surface area contributed by atoms with E-state index in [0.717, 1.165) is 29.1 Å². The highest BCUT2D eigenvalue weighted by Gasteiger charge is 2.51. The zero-order valence-electron chi connectivity index (χ0n) is 34.7. The van der Waals surface area contributed by atoms with Gasteiger partial charge in [0.25, 0.3) is 0 Å². The van der Waals surface area contributed by atoms with Crippen LogP contribution in [-0.2, 0) is 10.8 Å². The van der Waals surface area contributed by atoms with Gasteiger partial charge >= 0.3 is 0 Å². The lowest BCUT2D eigenvalue weighted by molar-refractivity contribution is -0.00518. The lowest BCUT2D eigenvalue weighted by Gasteiger charge is -2.57. The molecule has 0 spiro atoms. The Morgan fingerprint density at radius 3 is 1.72 bits per heavy atom. The van der Waals surface area contributed by atoms with Gasteiger partial charge in [-0.15, -0.1) is 0 Å². The van der Waals surface area contributed by atoms with Gasteiger partial charge in [-0.2, -0.15) is 0 Å². The smallest absolute Gasteiger partial charge is 0.0618 e. The van der Waals surface area contributed by atoms with Gasteiger partial charge in [0.1, 0.15) is 0 Å². The maximum atomic E-state index is 2.54. The van der Waals surface area contributed by atoms with Gasteiger partial charge in [0, 0.05) is 27.9 Å². The molecule has 0 aromatic heterocycles. The summed E-state index contributed by atoms with van der Waals surface area (Å²) in [6.45, 7) is 4.77. The number of para-hydroxylation sites is 1. The first kappa shape index (κ1) is 35.7. The maximum Gasteiger partial charge on any atom is 0.0618 e. The quantitative estimate of drug-likeness (QED) is 0.156. The average Bonchev–Trinajstić information content (AvgIpc) is 3.52. The van der Waals surface area contributed by atoms with Crippen LogP contribution in [0.4, 0.5) is 17.1 Å². The zero-order chi connectivity index (χ0) is 40.0. The molecule has 292 valence electrons. The molecule has 0 heterocycles. The van der Waals surface area contributed by atoms with Crippen LogP contribution in [0.1, 0.15) is 69.1 Å². The van der Waals surface area contributed by atoms with E-state index in [-0.39, 0.29) is 5.41 Å². The van der Waals surface area contributed by atoms with Crippen molar-refractivity contribution in [2.45, 2.75) is 63.2 Å². The van der Waals surface area contributed by atoms with E-state index in [1.807, 2.05) is 0 Å². The molecule has 5 aliphatic rings. The highest BCUT2D eigenvalue weighted by Crippen LogP contribution is 2.61. The van der Waals surface area contributed by atoms with E-state index in [4.69, 9.17) is 0 Å². The molecular formula is C59H51N. The molecule has 0 amide bonds. The molecule has 0 unspecified atom stereocenters. The fourth-order valence-corrected chi connectivity index (χ4v) is 12.8. The van der Waals surface area contributed by atoms with Crippen molar-refractivity contribution in [2.75, 3.05) is 4.90 Å². The molecule has 60 heavy (non-hydrogen) atoms. The number of hydrogen-bond acceptors (Lipinski definition) is 1. The number of benzene rings is 8. The van der Waals surface area contributed by atoms with E-state index < -0.39 is 0 Å². The molecule has 1 heteroatoms. The first-order chi connectivity index (χ1) is 29.4. The summed E-state index contributed by atoms with van der Waals surface area (Å²) in [5.74, 6) is 2.85. The standard InChI is InChI=1S/C59H51N/c1-58(2)55-21-9-8-17-52(55)53-31-30-48(35-56(53)58)60(57-50(45-12-4-3-5-13-45)18-11-20-54(57)51-19-10-15-44-14-6-7-16-49(44)51)47-28-24-43(25-29-47)42-22-26-46(27-23-42)59-36-39-32-40(37-59)34-41(33-39)38-59/h3-31,35,39-41H,32-34,36-38H2,1-2H3. The molecule has 0 N–H and O–H groups in total. The predicted molar refractivity (Wildman–Crippen MR) is 252 cm³/mol. The molecule has 0 saturated heterocycles. The summed E-state index contributed by atoms with van der Waals surface area (Å²) >= 11 is 0. The maximum absolute atomic E-state index is 2.54. The Kier molecular flexibility index (Phi) is 8.15. The Hall–Kier alpha value is -6.18. The van der Waals surface area contributed by atoms with Gasteiger partial charge in [-0.25, -0.2) is 0 Å². The van der Waals surface area contributed by atoms with Gasteiger partial charge in [-0.05, 0) is 147 Å². The van der Waals surface area contributed by atoms with Crippen LogP contribution in [0, 0.1) is 17.8 Å². The molecule has 4 bridgehead atoms. The Morgan fingerprint density at radius 1 is 0.417 bits per heavy atom. The molecule has 0 aliphatic heterocycles. The predicted octanol–water partition coefficient (Wildman–Crippen LogP) is 16.1. The highest BCUT2D eigenvalue weighted by molar-refractivity contribution is 6.05. The largest absolute Gasteiger partial charge is 0.309 e. The summed E-state index contributed by atoms with van der Waals surface area (Å²) in [5.41, 5.74) is 18.2. The summed E-state index contributed by atoms with van der Waals surface area (Å²) < 4.78 is 0. The number of hydrogen-bond donors (Lipinski definition) is 0. The van der Waals surface area contributed by atoms with Crippen molar-refractivity contribution in [2.24, 2.45) is 17.8 Å². The zero-order valence-corrected chi connectivity index (χ0v) is 34.7. The topological polar surface area (TPSA) is 3.24 Å². The normalized spacial score (nSPS) is 21.8. The van der Waals surface area contributed by atoms with E-state index in [1.54, 1.807) is 5.56 Å². The summed E-state index contributed by atoms with van der Waals surface area (Å²) in [6, 6.07) is 68.7. The van der Waals surface area contributed by atoms with Crippen LogP contribution in [0.25, 0.3) is 55.3 Å². The minimum atomic E-state index is -0.128. The third-order valence-electron chi connectivity index (χ3n) is 15.2. The minimum Gasteiger partial charge on any atom is -0.309 e. The molecule has 13 rings (SSSR count). The van der Waals surface area contributed by atoms with Crippen LogP contribution in [-0.4, -0.2) is 0 Å². The van der Waals surface area contributed by atoms with Crippen molar-refractivity contribution >= 4 is 27.8 Å². The third kappa shape index (κ3) is 5.66. The van der Waals surface area contributed by atoms with Gasteiger partial charge in [0.2, 0.25) is 0 Å². The van der Waals surface area contributed by atoms with Crippen LogP contribution >= 0.6 is 0 Å². The van der Waals surface area contributed by atoms with Crippen molar-refractivity contribution in [1.82, 2.24) is 0 Å². The Labute approximate surface area is 355 Å². The monoisotopic (exact) mass is 773 g/mol. The SMILES string of the molecule is CC1(C)c2ccccc2-c2ccc(N(c3ccc(-c4ccc(C56CC7CC(CC(C7)C5)C6)cc4)cc3)c3c(-c4ccccc4)cccc3-c3cccc4ccccc34)cc21. The fraction of sp³-hybridized carbons (Fsp3) is 0.220. The second-order valence-corrected chi connectivity index (χ2v) is 19.2. The number of rotatable bonds is 7. The molecule has 0 radical (unpaired) electrons. The first-order valence-electron chi connectivity index (χ1n) is 22.3. The molecule has 4 fully saturated rings. The third-order valence-corrected chi connectivity index (χ3v) is 15.2. The van der Waals surface area contributed by atoms with Crippen molar-refractivity contribution in [1.29, 1.82) is 0 Å². The fourth-order valence-electron chi connectivity index (χ4n) is 12.8. The average molecular weight is 774 g/mol. The number of anilines is 3. The van der Waals surface area contributed by atoms with Gasteiger partial charge in [0.05, 0.1) is 5.69 Å². The van der Waals surface area contributed by atoms with Crippen LogP contribution in [0.5, 0.6) is 0 Å². The van der Waals surface area contributed by atoms with E-state index in [0.29, 0.717) is 5.41 Å². The summed E-state index contributed by atoms with van der Waals surface area (Å²) in [6.07, 6.45) is 8.66. The summed E-state index contributed by atoms with van der Waals surface area (Å²) in [5, 5.41) is 2.50. The molecule has 8 aromatic carbocycles. The molecule has 5 aliphatic carbocycles. The number of nitrogens with zero attached hydrogens (tertiary/aromatic N) is 1. The van der Waals surface area contributed by atoms with Crippen molar-refractivity contribution in [3.05, 3.63) is 199 Å². The molecule has 1 nitrogen and oxygen atoms in total. The van der Waals surface area contributed by atoms with E-state index in [1.165, 1.54) is 111 Å². The molecular weight excluding hydrogens is 723 g/mol. The van der Waals surface area contributed by atoms with Crippen molar-refractivity contribution < 1.29 is 0 Å². The number of fused-ring (bicyclic) bond motifs is 4. The van der Waals surface area contributed by atoms with Crippen LogP contribution in [0.15, 0.2) is 182 Å². The summed E-state index contributed by atoms with van der Waals surface area (Å²) in [7, 11) is 0. The van der Waals surface area contributed by atoms with Crippen molar-refractivity contribution in [3.8, 4) is 44.5 Å². The molecule has 0 atom stereocenters. The first-order valence-corrected chi connectivity index (χ1v) is 22.3. The van der Waals surface area contributed by atoms with Crippen LogP contribution in [0.3, 0.4) is 0 Å².